The van der Waals surface area contributed by atoms with Gasteiger partial charge in [-0.05, 0) is 29.2 Å². The second-order valence-electron chi connectivity index (χ2n) is 4.82. The molecule has 3 nitrogen and oxygen atoms in total. The average molecular weight is 348 g/mol. The van der Waals surface area contributed by atoms with E-state index in [1.165, 1.54) is 5.56 Å². The Bertz CT molecular complexity index is 582. The van der Waals surface area contributed by atoms with Crippen molar-refractivity contribution < 1.29 is 9.21 Å². The van der Waals surface area contributed by atoms with Crippen LogP contribution in [0.15, 0.2) is 58.6 Å². The molecule has 122 valence electrons. The molecule has 1 aromatic carbocycles. The maximum Gasteiger partial charge on any atom is 0.220 e. The lowest BCUT2D eigenvalue weighted by Gasteiger charge is -2.04. The number of furan rings is 1. The van der Waals surface area contributed by atoms with E-state index in [9.17, 15) is 4.79 Å². The number of carbonyl (C=O) groups is 1. The molecule has 0 aliphatic rings. The lowest BCUT2D eigenvalue weighted by atomic mass is 10.2. The van der Waals surface area contributed by atoms with Crippen molar-refractivity contribution in [2.75, 3.05) is 18.1 Å². The van der Waals surface area contributed by atoms with Gasteiger partial charge in [0.15, 0.2) is 0 Å². The molecule has 1 heterocycles. The molecule has 0 unspecified atom stereocenters. The van der Waals surface area contributed by atoms with Gasteiger partial charge in [-0.3, -0.25) is 4.79 Å². The number of hydrogen-bond acceptors (Lipinski definition) is 4. The molecule has 0 atom stereocenters. The van der Waals surface area contributed by atoms with Gasteiger partial charge in [-0.25, -0.2) is 0 Å². The van der Waals surface area contributed by atoms with Gasteiger partial charge >= 0.3 is 0 Å². The minimum absolute atomic E-state index is 0.115. The summed E-state index contributed by atoms with van der Waals surface area (Å²) in [4.78, 5) is 11.7. The minimum Gasteiger partial charge on any atom is -0.468 e. The third-order valence-corrected chi connectivity index (χ3v) is 4.75. The number of amides is 1. The van der Waals surface area contributed by atoms with Gasteiger partial charge in [0, 0.05) is 24.5 Å². The van der Waals surface area contributed by atoms with Gasteiger partial charge < -0.3 is 9.73 Å². The van der Waals surface area contributed by atoms with E-state index in [1.807, 2.05) is 35.7 Å². The van der Waals surface area contributed by atoms with Crippen molar-refractivity contribution in [3.63, 3.8) is 0 Å². The van der Waals surface area contributed by atoms with E-state index in [0.717, 1.165) is 23.0 Å². The molecule has 2 aromatic rings. The number of hydrogen-bond donors (Lipinski definition) is 1. The first kappa shape index (κ1) is 17.8. The Balaban J connectivity index is 1.46. The van der Waals surface area contributed by atoms with Crippen molar-refractivity contribution in [2.24, 2.45) is 0 Å². The summed E-state index contributed by atoms with van der Waals surface area (Å²) in [5, 5.41) is 4.99. The Kier molecular flexibility index (Phi) is 8.51. The predicted octanol–water partition coefficient (Wildman–Crippen LogP) is 4.42. The van der Waals surface area contributed by atoms with Crippen LogP contribution in [0, 0.1) is 0 Å². The summed E-state index contributed by atoms with van der Waals surface area (Å²) >= 11 is 3.42. The molecular weight excluding hydrogens is 326 g/mol. The quantitative estimate of drug-likeness (QED) is 0.646. The largest absolute Gasteiger partial charge is 0.468 e. The SMILES string of the molecule is O=C(CCS/C=C/c1ccccc1)NCCSCc1ccco1. The van der Waals surface area contributed by atoms with Crippen LogP contribution in [0.3, 0.4) is 0 Å². The van der Waals surface area contributed by atoms with Crippen LogP contribution in [0.25, 0.3) is 6.08 Å². The summed E-state index contributed by atoms with van der Waals surface area (Å²) in [5.41, 5.74) is 1.18. The van der Waals surface area contributed by atoms with Crippen molar-refractivity contribution >= 4 is 35.5 Å². The smallest absolute Gasteiger partial charge is 0.220 e. The molecule has 0 aliphatic carbocycles. The number of benzene rings is 1. The van der Waals surface area contributed by atoms with Gasteiger partial charge in [0.1, 0.15) is 5.76 Å². The van der Waals surface area contributed by atoms with E-state index in [-0.39, 0.29) is 5.91 Å². The highest BCUT2D eigenvalue weighted by atomic mass is 32.2. The van der Waals surface area contributed by atoms with Crippen molar-refractivity contribution in [2.45, 2.75) is 12.2 Å². The van der Waals surface area contributed by atoms with Crippen LogP contribution in [0.5, 0.6) is 0 Å². The maximum absolute atomic E-state index is 11.7. The summed E-state index contributed by atoms with van der Waals surface area (Å²) in [5.74, 6) is 3.64. The summed E-state index contributed by atoms with van der Waals surface area (Å²) in [6.45, 7) is 0.703. The van der Waals surface area contributed by atoms with Gasteiger partial charge in [-0.2, -0.15) is 11.8 Å². The molecule has 0 saturated heterocycles. The number of nitrogens with one attached hydrogen (secondary N) is 1. The topological polar surface area (TPSA) is 42.2 Å². The van der Waals surface area contributed by atoms with Crippen LogP contribution in [0.4, 0.5) is 0 Å². The molecule has 0 bridgehead atoms. The molecule has 23 heavy (non-hydrogen) atoms. The minimum atomic E-state index is 0.115. The molecule has 5 heteroatoms. The van der Waals surface area contributed by atoms with Crippen molar-refractivity contribution in [1.82, 2.24) is 5.32 Å². The third-order valence-electron chi connectivity index (χ3n) is 3.00. The monoisotopic (exact) mass is 347 g/mol. The number of rotatable bonds is 10. The fraction of sp³-hybridized carbons (Fsp3) is 0.278. The van der Waals surface area contributed by atoms with E-state index in [1.54, 1.807) is 29.8 Å². The van der Waals surface area contributed by atoms with Gasteiger partial charge in [0.05, 0.1) is 12.0 Å². The first-order valence-electron chi connectivity index (χ1n) is 7.54. The Morgan fingerprint density at radius 1 is 1.13 bits per heavy atom. The zero-order valence-electron chi connectivity index (χ0n) is 12.9. The second kappa shape index (κ2) is 11.0. The molecule has 0 aliphatic heterocycles. The molecule has 0 saturated carbocycles. The lowest BCUT2D eigenvalue weighted by molar-refractivity contribution is -0.120. The molecule has 0 spiro atoms. The second-order valence-corrected chi connectivity index (χ2v) is 6.94. The first-order chi connectivity index (χ1) is 11.3. The lowest BCUT2D eigenvalue weighted by Crippen LogP contribution is -2.25. The molecule has 2 rings (SSSR count). The Morgan fingerprint density at radius 2 is 2.00 bits per heavy atom. The van der Waals surface area contributed by atoms with Crippen molar-refractivity contribution in [3.8, 4) is 0 Å². The van der Waals surface area contributed by atoms with Crippen molar-refractivity contribution in [3.05, 3.63) is 65.5 Å². The van der Waals surface area contributed by atoms with E-state index in [2.05, 4.69) is 23.5 Å². The maximum atomic E-state index is 11.7. The number of thioether (sulfide) groups is 2. The summed E-state index contributed by atoms with van der Waals surface area (Å²) in [7, 11) is 0. The van der Waals surface area contributed by atoms with Gasteiger partial charge in [-0.15, -0.1) is 11.8 Å². The van der Waals surface area contributed by atoms with Gasteiger partial charge in [0.25, 0.3) is 0 Å². The molecule has 1 aromatic heterocycles. The van der Waals surface area contributed by atoms with E-state index < -0.39 is 0 Å². The highest BCUT2D eigenvalue weighted by Crippen LogP contribution is 2.12. The molecular formula is C18H21NO2S2. The fourth-order valence-electron chi connectivity index (χ4n) is 1.83. The van der Waals surface area contributed by atoms with Gasteiger partial charge in [-0.1, -0.05) is 30.3 Å². The van der Waals surface area contributed by atoms with Crippen LogP contribution < -0.4 is 5.32 Å². The highest BCUT2D eigenvalue weighted by Gasteiger charge is 2.00. The summed E-state index contributed by atoms with van der Waals surface area (Å²) in [6.07, 6.45) is 4.29. The van der Waals surface area contributed by atoms with E-state index >= 15 is 0 Å². The van der Waals surface area contributed by atoms with Gasteiger partial charge in [0.2, 0.25) is 5.91 Å². The molecule has 0 radical (unpaired) electrons. The van der Waals surface area contributed by atoms with Crippen molar-refractivity contribution in [1.29, 1.82) is 0 Å². The highest BCUT2D eigenvalue weighted by molar-refractivity contribution is 8.02. The summed E-state index contributed by atoms with van der Waals surface area (Å²) in [6, 6.07) is 14.0. The molecule has 1 amide bonds. The van der Waals surface area contributed by atoms with Crippen LogP contribution >= 0.6 is 23.5 Å². The predicted molar refractivity (Wildman–Crippen MR) is 100 cm³/mol. The van der Waals surface area contributed by atoms with Crippen LogP contribution in [-0.2, 0) is 10.5 Å². The molecule has 0 fully saturated rings. The van der Waals surface area contributed by atoms with Crippen LogP contribution in [-0.4, -0.2) is 24.0 Å². The van der Waals surface area contributed by atoms with Crippen LogP contribution in [0.1, 0.15) is 17.7 Å². The Hall–Kier alpha value is -1.59. The first-order valence-corrected chi connectivity index (χ1v) is 9.75. The third kappa shape index (κ3) is 8.00. The average Bonchev–Trinajstić information content (AvgIpc) is 3.08. The van der Waals surface area contributed by atoms with Crippen LogP contribution in [0.2, 0.25) is 0 Å². The summed E-state index contributed by atoms with van der Waals surface area (Å²) < 4.78 is 5.25. The standard InChI is InChI=1S/C18H21NO2S2/c20-18(19-10-14-23-15-17-7-4-11-21-17)9-13-22-12-8-16-5-2-1-3-6-16/h1-8,11-12H,9-10,13-15H2,(H,19,20)/b12-8+. The fourth-order valence-corrected chi connectivity index (χ4v) is 3.28. The van der Waals surface area contributed by atoms with E-state index in [4.69, 9.17) is 4.42 Å². The molecule has 1 N–H and O–H groups in total. The zero-order chi connectivity index (χ0) is 16.2. The normalized spacial score (nSPS) is 11.0. The van der Waals surface area contributed by atoms with E-state index in [0.29, 0.717) is 13.0 Å². The number of carbonyl (C=O) groups excluding carboxylic acids is 1. The Labute approximate surface area is 145 Å². The Morgan fingerprint density at radius 3 is 2.78 bits per heavy atom. The zero-order valence-corrected chi connectivity index (χ0v) is 14.6.